The van der Waals surface area contributed by atoms with E-state index in [1.165, 1.54) is 6.92 Å². The molecule has 0 saturated heterocycles. The minimum absolute atomic E-state index is 0.0195. The first kappa shape index (κ1) is 15.2. The Morgan fingerprint density at radius 1 is 1.50 bits per heavy atom. The third-order valence-electron chi connectivity index (χ3n) is 2.25. The van der Waals surface area contributed by atoms with Crippen molar-refractivity contribution in [1.29, 1.82) is 0 Å². The fraction of sp³-hybridized carbons (Fsp3) is 0.455. The standard InChI is InChI=1S/C11H14Cl2N2O3/c1-6(16)10(14-2)11(17)18-5-7-3-8(12)15-9(13)4-7/h3-4,6,10,14,16H,5H2,1-2H3/t6-,10-/m0/s1. The fourth-order valence-electron chi connectivity index (χ4n) is 1.40. The van der Waals surface area contributed by atoms with Crippen LogP contribution in [0.15, 0.2) is 12.1 Å². The highest BCUT2D eigenvalue weighted by Crippen LogP contribution is 2.15. The molecule has 2 atom stereocenters. The van der Waals surface area contributed by atoms with Gasteiger partial charge in [-0.3, -0.25) is 4.79 Å². The maximum Gasteiger partial charge on any atom is 0.326 e. The second-order valence-corrected chi connectivity index (χ2v) is 4.51. The number of hydrogen-bond acceptors (Lipinski definition) is 5. The maximum atomic E-state index is 11.6. The van der Waals surface area contributed by atoms with Gasteiger partial charge < -0.3 is 15.2 Å². The number of pyridine rings is 1. The number of rotatable bonds is 5. The summed E-state index contributed by atoms with van der Waals surface area (Å²) in [5.41, 5.74) is 0.633. The van der Waals surface area contributed by atoms with E-state index in [-0.39, 0.29) is 16.9 Å². The van der Waals surface area contributed by atoms with E-state index >= 15 is 0 Å². The van der Waals surface area contributed by atoms with Crippen molar-refractivity contribution in [1.82, 2.24) is 10.3 Å². The molecule has 0 aliphatic rings. The molecular formula is C11H14Cl2N2O3. The summed E-state index contributed by atoms with van der Waals surface area (Å²) in [5.74, 6) is -0.545. The Bertz CT molecular complexity index is 406. The lowest BCUT2D eigenvalue weighted by molar-refractivity contribution is -0.150. The number of ether oxygens (including phenoxy) is 1. The molecule has 100 valence electrons. The Hall–Kier alpha value is -0.880. The second-order valence-electron chi connectivity index (χ2n) is 3.74. The van der Waals surface area contributed by atoms with E-state index in [1.807, 2.05) is 0 Å². The Morgan fingerprint density at radius 3 is 2.50 bits per heavy atom. The van der Waals surface area contributed by atoms with Crippen LogP contribution in [0, 0.1) is 0 Å². The molecule has 18 heavy (non-hydrogen) atoms. The molecule has 0 unspecified atom stereocenters. The number of hydrogen-bond donors (Lipinski definition) is 2. The zero-order valence-electron chi connectivity index (χ0n) is 9.98. The zero-order valence-corrected chi connectivity index (χ0v) is 11.5. The Balaban J connectivity index is 2.62. The van der Waals surface area contributed by atoms with Crippen molar-refractivity contribution in [3.63, 3.8) is 0 Å². The van der Waals surface area contributed by atoms with Crippen LogP contribution in [0.3, 0.4) is 0 Å². The monoisotopic (exact) mass is 292 g/mol. The van der Waals surface area contributed by atoms with Gasteiger partial charge in [0, 0.05) is 0 Å². The number of nitrogens with one attached hydrogen (secondary N) is 1. The van der Waals surface area contributed by atoms with Gasteiger partial charge in [-0.25, -0.2) is 4.98 Å². The van der Waals surface area contributed by atoms with Crippen molar-refractivity contribution in [3.05, 3.63) is 28.0 Å². The van der Waals surface area contributed by atoms with Crippen LogP contribution in [0.1, 0.15) is 12.5 Å². The lowest BCUT2D eigenvalue weighted by atomic mass is 10.2. The van der Waals surface area contributed by atoms with Crippen LogP contribution in [0.2, 0.25) is 10.3 Å². The summed E-state index contributed by atoms with van der Waals surface area (Å²) in [5, 5.41) is 12.5. The van der Waals surface area contributed by atoms with Crippen LogP contribution in [-0.4, -0.2) is 35.3 Å². The molecule has 2 N–H and O–H groups in total. The van der Waals surface area contributed by atoms with Crippen LogP contribution in [0.5, 0.6) is 0 Å². The van der Waals surface area contributed by atoms with Gasteiger partial charge in [-0.2, -0.15) is 0 Å². The third kappa shape index (κ3) is 4.42. The van der Waals surface area contributed by atoms with E-state index in [9.17, 15) is 9.90 Å². The Labute approximate surface area is 115 Å². The van der Waals surface area contributed by atoms with Crippen molar-refractivity contribution in [2.75, 3.05) is 7.05 Å². The predicted molar refractivity (Wildman–Crippen MR) is 68.6 cm³/mol. The molecule has 1 heterocycles. The molecule has 0 spiro atoms. The highest BCUT2D eigenvalue weighted by atomic mass is 35.5. The summed E-state index contributed by atoms with van der Waals surface area (Å²) in [7, 11) is 1.57. The topological polar surface area (TPSA) is 71.5 Å². The van der Waals surface area contributed by atoms with Gasteiger partial charge in [0.25, 0.3) is 0 Å². The number of nitrogens with zero attached hydrogens (tertiary/aromatic N) is 1. The van der Waals surface area contributed by atoms with Gasteiger partial charge in [0.2, 0.25) is 0 Å². The Morgan fingerprint density at radius 2 is 2.06 bits per heavy atom. The fourth-order valence-corrected chi connectivity index (χ4v) is 1.90. The van der Waals surface area contributed by atoms with Crippen molar-refractivity contribution >= 4 is 29.2 Å². The molecule has 1 rings (SSSR count). The number of halogens is 2. The number of aliphatic hydroxyl groups excluding tert-OH is 1. The molecule has 7 heteroatoms. The molecule has 1 aromatic rings. The van der Waals surface area contributed by atoms with Crippen LogP contribution < -0.4 is 5.32 Å². The minimum atomic E-state index is -0.841. The van der Waals surface area contributed by atoms with E-state index in [1.54, 1.807) is 19.2 Å². The number of carbonyl (C=O) groups is 1. The largest absolute Gasteiger partial charge is 0.460 e. The predicted octanol–water partition coefficient (Wildman–Crippen LogP) is 1.40. The number of likely N-dealkylation sites (N-methyl/N-ethyl adjacent to an activating group) is 1. The van der Waals surface area contributed by atoms with Gasteiger partial charge in [-0.05, 0) is 31.7 Å². The number of carbonyl (C=O) groups excluding carboxylic acids is 1. The lowest BCUT2D eigenvalue weighted by Crippen LogP contribution is -2.43. The molecule has 0 bridgehead atoms. The average Bonchev–Trinajstić information content (AvgIpc) is 2.25. The summed E-state index contributed by atoms with van der Waals surface area (Å²) >= 11 is 11.4. The zero-order chi connectivity index (χ0) is 13.7. The van der Waals surface area contributed by atoms with E-state index < -0.39 is 18.1 Å². The maximum absolute atomic E-state index is 11.6. The minimum Gasteiger partial charge on any atom is -0.460 e. The molecule has 0 fully saturated rings. The Kier molecular flexibility index (Phi) is 5.81. The van der Waals surface area contributed by atoms with Gasteiger partial charge >= 0.3 is 5.97 Å². The normalized spacial score (nSPS) is 14.1. The van der Waals surface area contributed by atoms with E-state index in [4.69, 9.17) is 27.9 Å². The summed E-state index contributed by atoms with van der Waals surface area (Å²) < 4.78 is 5.05. The average molecular weight is 293 g/mol. The highest BCUT2D eigenvalue weighted by molar-refractivity contribution is 6.32. The van der Waals surface area contributed by atoms with Gasteiger partial charge in [0.1, 0.15) is 23.0 Å². The van der Waals surface area contributed by atoms with Crippen LogP contribution in [-0.2, 0) is 16.1 Å². The molecule has 0 amide bonds. The quantitative estimate of drug-likeness (QED) is 0.634. The number of aromatic nitrogens is 1. The summed E-state index contributed by atoms with van der Waals surface area (Å²) in [6.07, 6.45) is -0.841. The summed E-state index contributed by atoms with van der Waals surface area (Å²) in [6.45, 7) is 1.52. The van der Waals surface area contributed by atoms with Gasteiger partial charge in [-0.1, -0.05) is 23.2 Å². The third-order valence-corrected chi connectivity index (χ3v) is 2.64. The highest BCUT2D eigenvalue weighted by Gasteiger charge is 2.23. The van der Waals surface area contributed by atoms with Gasteiger partial charge in [0.15, 0.2) is 0 Å². The molecule has 0 aromatic carbocycles. The summed E-state index contributed by atoms with van der Waals surface area (Å²) in [4.78, 5) is 15.4. The number of esters is 1. The number of aliphatic hydroxyl groups is 1. The van der Waals surface area contributed by atoms with E-state index in [0.29, 0.717) is 5.56 Å². The molecule has 0 aliphatic carbocycles. The van der Waals surface area contributed by atoms with E-state index in [0.717, 1.165) is 0 Å². The van der Waals surface area contributed by atoms with Crippen molar-refractivity contribution in [3.8, 4) is 0 Å². The van der Waals surface area contributed by atoms with Gasteiger partial charge in [0.05, 0.1) is 6.10 Å². The molecule has 0 aliphatic heterocycles. The van der Waals surface area contributed by atoms with Crippen molar-refractivity contribution < 1.29 is 14.6 Å². The van der Waals surface area contributed by atoms with Crippen LogP contribution >= 0.6 is 23.2 Å². The SMILES string of the molecule is CN[C@H](C(=O)OCc1cc(Cl)nc(Cl)c1)[C@H](C)O. The van der Waals surface area contributed by atoms with Crippen molar-refractivity contribution in [2.24, 2.45) is 0 Å². The molecule has 1 aromatic heterocycles. The first-order valence-corrected chi connectivity index (χ1v) is 6.03. The smallest absolute Gasteiger partial charge is 0.326 e. The first-order valence-electron chi connectivity index (χ1n) is 5.28. The molecule has 0 saturated carbocycles. The van der Waals surface area contributed by atoms with Gasteiger partial charge in [-0.15, -0.1) is 0 Å². The van der Waals surface area contributed by atoms with E-state index in [2.05, 4.69) is 10.3 Å². The van der Waals surface area contributed by atoms with Crippen molar-refractivity contribution in [2.45, 2.75) is 25.7 Å². The summed E-state index contributed by atoms with van der Waals surface area (Å²) in [6, 6.07) is 2.34. The lowest BCUT2D eigenvalue weighted by Gasteiger charge is -2.17. The van der Waals surface area contributed by atoms with Crippen LogP contribution in [0.4, 0.5) is 0 Å². The first-order chi connectivity index (χ1) is 8.43. The molecule has 5 nitrogen and oxygen atoms in total. The second kappa shape index (κ2) is 6.89. The molecular weight excluding hydrogens is 279 g/mol. The molecule has 0 radical (unpaired) electrons. The van der Waals surface area contributed by atoms with Crippen LogP contribution in [0.25, 0.3) is 0 Å².